The lowest BCUT2D eigenvalue weighted by atomic mass is 9.84. The van der Waals surface area contributed by atoms with E-state index in [0.717, 1.165) is 34.4 Å². The summed E-state index contributed by atoms with van der Waals surface area (Å²) in [6.07, 6.45) is 0.876. The number of hydrogen-bond acceptors (Lipinski definition) is 1. The van der Waals surface area contributed by atoms with Crippen molar-refractivity contribution in [2.75, 3.05) is 6.61 Å². The van der Waals surface area contributed by atoms with Crippen LogP contribution < -0.4 is 4.74 Å². The van der Waals surface area contributed by atoms with Crippen LogP contribution in [0.5, 0.6) is 5.75 Å². The summed E-state index contributed by atoms with van der Waals surface area (Å²) in [5.74, 6) is 0.904. The summed E-state index contributed by atoms with van der Waals surface area (Å²) < 4.78 is 19.2. The Morgan fingerprint density at radius 1 is 1.19 bits per heavy atom. The van der Waals surface area contributed by atoms with Crippen molar-refractivity contribution < 1.29 is 9.13 Å². The summed E-state index contributed by atoms with van der Waals surface area (Å²) in [5, 5.41) is -0.171. The highest BCUT2D eigenvalue weighted by molar-refractivity contribution is 6.21. The van der Waals surface area contributed by atoms with E-state index in [9.17, 15) is 4.39 Å². The van der Waals surface area contributed by atoms with Crippen LogP contribution in [0.1, 0.15) is 40.0 Å². The molecule has 0 aromatic heterocycles. The third-order valence-electron chi connectivity index (χ3n) is 4.19. The van der Waals surface area contributed by atoms with Crippen molar-refractivity contribution in [3.05, 3.63) is 64.5 Å². The van der Waals surface area contributed by atoms with Gasteiger partial charge in [0.1, 0.15) is 11.6 Å². The Labute approximate surface area is 129 Å². The topological polar surface area (TPSA) is 9.23 Å². The first-order chi connectivity index (χ1) is 10.1. The Bertz CT molecular complexity index is 645. The van der Waals surface area contributed by atoms with Gasteiger partial charge in [0.15, 0.2) is 0 Å². The lowest BCUT2D eigenvalue weighted by Crippen LogP contribution is -2.18. The molecular weight excluding hydrogens is 287 g/mol. The number of benzene rings is 2. The molecule has 0 amide bonds. The number of para-hydroxylation sites is 1. The van der Waals surface area contributed by atoms with Gasteiger partial charge in [-0.15, -0.1) is 11.6 Å². The lowest BCUT2D eigenvalue weighted by Gasteiger charge is -2.30. The summed E-state index contributed by atoms with van der Waals surface area (Å²) in [4.78, 5) is 0. The van der Waals surface area contributed by atoms with E-state index in [0.29, 0.717) is 6.61 Å². The third kappa shape index (κ3) is 2.65. The van der Waals surface area contributed by atoms with E-state index in [4.69, 9.17) is 16.3 Å². The molecule has 0 N–H and O–H groups in total. The molecule has 1 aliphatic rings. The van der Waals surface area contributed by atoms with Crippen LogP contribution in [0.3, 0.4) is 0 Å². The van der Waals surface area contributed by atoms with Gasteiger partial charge in [-0.1, -0.05) is 18.2 Å². The molecule has 0 aliphatic carbocycles. The lowest BCUT2D eigenvalue weighted by molar-refractivity contribution is 0.265. The van der Waals surface area contributed by atoms with Crippen LogP contribution >= 0.6 is 11.6 Å². The van der Waals surface area contributed by atoms with Crippen molar-refractivity contribution in [1.82, 2.24) is 0 Å². The molecular formula is C18H18ClFO. The number of ether oxygens (including phenoxy) is 1. The van der Waals surface area contributed by atoms with Crippen LogP contribution in [0.15, 0.2) is 36.4 Å². The van der Waals surface area contributed by atoms with Gasteiger partial charge in [-0.3, -0.25) is 0 Å². The average molecular weight is 305 g/mol. The SMILES string of the molecule is Cc1cc(F)cc(C)c1C(Cl)C1CCOc2ccccc21. The second kappa shape index (κ2) is 5.69. The fourth-order valence-corrected chi connectivity index (χ4v) is 3.84. The van der Waals surface area contributed by atoms with Crippen molar-refractivity contribution in [3.8, 4) is 5.75 Å². The smallest absolute Gasteiger partial charge is 0.123 e. The van der Waals surface area contributed by atoms with E-state index in [1.54, 1.807) is 12.1 Å². The molecule has 0 spiro atoms. The van der Waals surface area contributed by atoms with Crippen LogP contribution in [-0.2, 0) is 0 Å². The minimum absolute atomic E-state index is 0.171. The Morgan fingerprint density at radius 3 is 2.57 bits per heavy atom. The molecule has 2 unspecified atom stereocenters. The van der Waals surface area contributed by atoms with Crippen LogP contribution in [0.25, 0.3) is 0 Å². The van der Waals surface area contributed by atoms with Crippen molar-refractivity contribution in [2.24, 2.45) is 0 Å². The molecule has 0 bridgehead atoms. The Morgan fingerprint density at radius 2 is 1.86 bits per heavy atom. The molecule has 1 heterocycles. The van der Waals surface area contributed by atoms with Crippen molar-refractivity contribution in [3.63, 3.8) is 0 Å². The van der Waals surface area contributed by atoms with Gasteiger partial charge >= 0.3 is 0 Å². The van der Waals surface area contributed by atoms with E-state index >= 15 is 0 Å². The maximum absolute atomic E-state index is 13.5. The summed E-state index contributed by atoms with van der Waals surface area (Å²) >= 11 is 6.80. The van der Waals surface area contributed by atoms with Crippen LogP contribution in [0.2, 0.25) is 0 Å². The minimum Gasteiger partial charge on any atom is -0.493 e. The fourth-order valence-electron chi connectivity index (χ4n) is 3.23. The van der Waals surface area contributed by atoms with Gasteiger partial charge in [0.2, 0.25) is 0 Å². The van der Waals surface area contributed by atoms with E-state index in [2.05, 4.69) is 6.07 Å². The number of rotatable bonds is 2. The Kier molecular flexibility index (Phi) is 3.90. The number of fused-ring (bicyclic) bond motifs is 1. The van der Waals surface area contributed by atoms with Crippen LogP contribution in [0.4, 0.5) is 4.39 Å². The molecule has 0 saturated carbocycles. The summed E-state index contributed by atoms with van der Waals surface area (Å²) in [5.41, 5.74) is 4.01. The Hall–Kier alpha value is -1.54. The van der Waals surface area contributed by atoms with Gasteiger partial charge in [0.25, 0.3) is 0 Å². The number of alkyl halides is 1. The normalized spacial score (nSPS) is 18.8. The zero-order chi connectivity index (χ0) is 15.0. The second-order valence-electron chi connectivity index (χ2n) is 5.64. The summed E-state index contributed by atoms with van der Waals surface area (Å²) in [7, 11) is 0. The number of hydrogen-bond donors (Lipinski definition) is 0. The largest absolute Gasteiger partial charge is 0.493 e. The molecule has 0 fully saturated rings. The molecule has 2 atom stereocenters. The van der Waals surface area contributed by atoms with Gasteiger partial charge in [-0.25, -0.2) is 4.39 Å². The Balaban J connectivity index is 2.03. The van der Waals surface area contributed by atoms with Gasteiger partial charge in [0.05, 0.1) is 12.0 Å². The summed E-state index contributed by atoms with van der Waals surface area (Å²) in [6, 6.07) is 11.2. The quantitative estimate of drug-likeness (QED) is 0.685. The summed E-state index contributed by atoms with van der Waals surface area (Å²) in [6.45, 7) is 4.52. The average Bonchev–Trinajstić information content (AvgIpc) is 2.45. The first kappa shape index (κ1) is 14.4. The maximum atomic E-state index is 13.5. The van der Waals surface area contributed by atoms with Gasteiger partial charge < -0.3 is 4.74 Å². The van der Waals surface area contributed by atoms with Gasteiger partial charge in [0, 0.05) is 5.92 Å². The third-order valence-corrected chi connectivity index (χ3v) is 4.71. The molecule has 2 aromatic carbocycles. The first-order valence-corrected chi connectivity index (χ1v) is 7.64. The van der Waals surface area contributed by atoms with Crippen molar-refractivity contribution >= 4 is 11.6 Å². The number of halogens is 2. The number of aryl methyl sites for hydroxylation is 2. The van der Waals surface area contributed by atoms with Crippen molar-refractivity contribution in [1.29, 1.82) is 0 Å². The van der Waals surface area contributed by atoms with Crippen LogP contribution in [-0.4, -0.2) is 6.61 Å². The highest BCUT2D eigenvalue weighted by Crippen LogP contribution is 2.46. The van der Waals surface area contributed by atoms with Crippen LogP contribution in [0, 0.1) is 19.7 Å². The molecule has 2 aromatic rings. The highest BCUT2D eigenvalue weighted by atomic mass is 35.5. The predicted octanol–water partition coefficient (Wildman–Crippen LogP) is 5.29. The molecule has 3 rings (SSSR count). The standard InChI is InChI=1S/C18H18ClFO/c1-11-9-13(20)10-12(2)17(11)18(19)15-7-8-21-16-6-4-3-5-14(15)16/h3-6,9-10,15,18H,7-8H2,1-2H3. The van der Waals surface area contributed by atoms with Gasteiger partial charge in [-0.2, -0.15) is 0 Å². The molecule has 0 saturated heterocycles. The zero-order valence-corrected chi connectivity index (χ0v) is 13.0. The highest BCUT2D eigenvalue weighted by Gasteiger charge is 2.30. The zero-order valence-electron chi connectivity index (χ0n) is 12.2. The van der Waals surface area contributed by atoms with E-state index in [1.165, 1.54) is 0 Å². The van der Waals surface area contributed by atoms with E-state index in [-0.39, 0.29) is 17.1 Å². The van der Waals surface area contributed by atoms with E-state index < -0.39 is 0 Å². The molecule has 1 aliphatic heterocycles. The monoisotopic (exact) mass is 304 g/mol. The van der Waals surface area contributed by atoms with Gasteiger partial charge in [-0.05, 0) is 60.7 Å². The van der Waals surface area contributed by atoms with E-state index in [1.807, 2.05) is 32.0 Å². The predicted molar refractivity (Wildman–Crippen MR) is 83.8 cm³/mol. The molecule has 1 nitrogen and oxygen atoms in total. The molecule has 3 heteroatoms. The minimum atomic E-state index is -0.204. The molecule has 0 radical (unpaired) electrons. The second-order valence-corrected chi connectivity index (χ2v) is 6.11. The maximum Gasteiger partial charge on any atom is 0.123 e. The van der Waals surface area contributed by atoms with Crippen molar-refractivity contribution in [2.45, 2.75) is 31.6 Å². The fraction of sp³-hybridized carbons (Fsp3) is 0.333. The molecule has 110 valence electrons. The first-order valence-electron chi connectivity index (χ1n) is 7.20. The molecule has 21 heavy (non-hydrogen) atoms.